The van der Waals surface area contributed by atoms with E-state index in [2.05, 4.69) is 0 Å². The molecule has 1 rings (SSSR count). The minimum absolute atomic E-state index is 0.329. The van der Waals surface area contributed by atoms with Crippen LogP contribution in [0.1, 0.15) is 0 Å². The summed E-state index contributed by atoms with van der Waals surface area (Å²) < 4.78 is 0. The first-order chi connectivity index (χ1) is 6.04. The molecule has 1 aromatic carbocycles. The Kier molecular flexibility index (Phi) is 2.50. The number of phenols is 1. The molecule has 3 N–H and O–H groups in total. The van der Waals surface area contributed by atoms with Crippen LogP contribution in [0.25, 0.3) is 0 Å². The van der Waals surface area contributed by atoms with Gasteiger partial charge in [-0.3, -0.25) is 10.1 Å². The van der Waals surface area contributed by atoms with E-state index in [-0.39, 0.29) is 5.46 Å². The molecule has 0 bridgehead atoms. The maximum Gasteiger partial charge on any atom is 0.495 e. The highest BCUT2D eigenvalue weighted by molar-refractivity contribution is 6.60. The number of hydrogen-bond acceptors (Lipinski definition) is 5. The van der Waals surface area contributed by atoms with Crippen molar-refractivity contribution in [3.8, 4) is 5.75 Å². The van der Waals surface area contributed by atoms with Crippen molar-refractivity contribution >= 4 is 18.3 Å². The van der Waals surface area contributed by atoms with Crippen molar-refractivity contribution in [2.45, 2.75) is 0 Å². The molecule has 0 aliphatic heterocycles. The van der Waals surface area contributed by atoms with Crippen LogP contribution < -0.4 is 5.46 Å². The van der Waals surface area contributed by atoms with Crippen LogP contribution in [0, 0.1) is 10.1 Å². The number of nitrogens with zero attached hydrogens (tertiary/aromatic N) is 1. The van der Waals surface area contributed by atoms with Gasteiger partial charge in [-0.2, -0.15) is 0 Å². The van der Waals surface area contributed by atoms with Crippen molar-refractivity contribution in [2.24, 2.45) is 0 Å². The average molecular weight is 183 g/mol. The molecule has 68 valence electrons. The van der Waals surface area contributed by atoms with Crippen LogP contribution in [0.5, 0.6) is 5.75 Å². The third-order valence-electron chi connectivity index (χ3n) is 1.51. The van der Waals surface area contributed by atoms with Crippen LogP contribution in [0.15, 0.2) is 18.2 Å². The number of nitro benzene ring substituents is 1. The molecule has 0 aliphatic carbocycles. The number of aromatic hydroxyl groups is 1. The summed E-state index contributed by atoms with van der Waals surface area (Å²) in [5.74, 6) is -0.587. The third-order valence-corrected chi connectivity index (χ3v) is 1.51. The maximum absolute atomic E-state index is 10.4. The molecule has 6 nitrogen and oxygen atoms in total. The van der Waals surface area contributed by atoms with Gasteiger partial charge in [-0.1, -0.05) is 12.1 Å². The van der Waals surface area contributed by atoms with Gasteiger partial charge < -0.3 is 15.2 Å². The molecular weight excluding hydrogens is 177 g/mol. The number of phenolic OH excluding ortho intramolecular Hbond substituents is 1. The van der Waals surface area contributed by atoms with Gasteiger partial charge in [-0.15, -0.1) is 0 Å². The molecule has 0 saturated heterocycles. The van der Waals surface area contributed by atoms with E-state index in [9.17, 15) is 10.1 Å². The van der Waals surface area contributed by atoms with Crippen molar-refractivity contribution in [2.75, 3.05) is 0 Å². The summed E-state index contributed by atoms with van der Waals surface area (Å²) in [6.45, 7) is 0. The second-order valence-corrected chi connectivity index (χ2v) is 2.35. The predicted molar refractivity (Wildman–Crippen MR) is 44.6 cm³/mol. The quantitative estimate of drug-likeness (QED) is 0.309. The van der Waals surface area contributed by atoms with E-state index in [1.54, 1.807) is 0 Å². The van der Waals surface area contributed by atoms with Gasteiger partial charge in [-0.05, 0) is 6.07 Å². The van der Waals surface area contributed by atoms with E-state index in [0.717, 1.165) is 12.1 Å². The Morgan fingerprint density at radius 1 is 1.38 bits per heavy atom. The van der Waals surface area contributed by atoms with Crippen LogP contribution in [0.3, 0.4) is 0 Å². The molecule has 7 heteroatoms. The molecule has 0 unspecified atom stereocenters. The number of nitro groups is 1. The van der Waals surface area contributed by atoms with Crippen molar-refractivity contribution in [3.63, 3.8) is 0 Å². The van der Waals surface area contributed by atoms with Crippen LogP contribution in [-0.4, -0.2) is 27.2 Å². The standard InChI is InChI=1S/C6H6BNO5/c9-5-3-1-2-4(7(10)11)6(5)8(12)13/h1-3,9-11H. The average Bonchev–Trinajstić information content (AvgIpc) is 2.02. The Hall–Kier alpha value is -1.60. The molecule has 0 atom stereocenters. The zero-order valence-electron chi connectivity index (χ0n) is 6.41. The van der Waals surface area contributed by atoms with E-state index in [1.165, 1.54) is 6.07 Å². The van der Waals surface area contributed by atoms with Gasteiger partial charge >= 0.3 is 12.8 Å². The minimum Gasteiger partial charge on any atom is -0.502 e. The summed E-state index contributed by atoms with van der Waals surface area (Å²) >= 11 is 0. The van der Waals surface area contributed by atoms with Crippen LogP contribution in [-0.2, 0) is 0 Å². The highest BCUT2D eigenvalue weighted by Crippen LogP contribution is 2.22. The lowest BCUT2D eigenvalue weighted by Gasteiger charge is -2.01. The number of benzene rings is 1. The normalized spacial score (nSPS) is 9.69. The lowest BCUT2D eigenvalue weighted by atomic mass is 9.79. The Bertz CT molecular complexity index is 340. The molecule has 0 radical (unpaired) electrons. The van der Waals surface area contributed by atoms with Gasteiger partial charge in [0.05, 0.1) is 10.4 Å². The zero-order valence-corrected chi connectivity index (χ0v) is 6.41. The van der Waals surface area contributed by atoms with Crippen LogP contribution >= 0.6 is 0 Å². The Labute approximate surface area is 73.4 Å². The molecular formula is C6H6BNO5. The molecule has 0 aromatic heterocycles. The predicted octanol–water partition coefficient (Wildman–Crippen LogP) is -1.02. The highest BCUT2D eigenvalue weighted by atomic mass is 16.6. The summed E-state index contributed by atoms with van der Waals surface area (Å²) in [7, 11) is -1.97. The van der Waals surface area contributed by atoms with Crippen molar-refractivity contribution < 1.29 is 20.1 Å². The Morgan fingerprint density at radius 3 is 2.38 bits per heavy atom. The monoisotopic (exact) mass is 183 g/mol. The lowest BCUT2D eigenvalue weighted by molar-refractivity contribution is -0.384. The van der Waals surface area contributed by atoms with Gasteiger partial charge in [0.15, 0.2) is 5.75 Å². The van der Waals surface area contributed by atoms with E-state index in [4.69, 9.17) is 15.2 Å². The van der Waals surface area contributed by atoms with Gasteiger partial charge in [0.2, 0.25) is 0 Å². The number of para-hydroxylation sites is 1. The van der Waals surface area contributed by atoms with Gasteiger partial charge in [-0.25, -0.2) is 0 Å². The fourth-order valence-corrected chi connectivity index (χ4v) is 0.956. The summed E-state index contributed by atoms with van der Waals surface area (Å²) in [5.41, 5.74) is -1.01. The van der Waals surface area contributed by atoms with Crippen LogP contribution in [0.2, 0.25) is 0 Å². The van der Waals surface area contributed by atoms with E-state index in [1.807, 2.05) is 0 Å². The fraction of sp³-hybridized carbons (Fsp3) is 0. The van der Waals surface area contributed by atoms with E-state index < -0.39 is 23.5 Å². The Balaban J connectivity index is 3.34. The largest absolute Gasteiger partial charge is 0.502 e. The van der Waals surface area contributed by atoms with Crippen LogP contribution in [0.4, 0.5) is 5.69 Å². The molecule has 0 heterocycles. The molecule has 0 aliphatic rings. The van der Waals surface area contributed by atoms with E-state index in [0.29, 0.717) is 0 Å². The molecule has 13 heavy (non-hydrogen) atoms. The second-order valence-electron chi connectivity index (χ2n) is 2.35. The zero-order chi connectivity index (χ0) is 10.0. The molecule has 0 fully saturated rings. The Morgan fingerprint density at radius 2 is 2.00 bits per heavy atom. The van der Waals surface area contributed by atoms with Gasteiger partial charge in [0.25, 0.3) is 0 Å². The first-order valence-electron chi connectivity index (χ1n) is 3.36. The smallest absolute Gasteiger partial charge is 0.495 e. The molecule has 1 aromatic rings. The van der Waals surface area contributed by atoms with Crippen molar-refractivity contribution in [1.29, 1.82) is 0 Å². The van der Waals surface area contributed by atoms with E-state index >= 15 is 0 Å². The second kappa shape index (κ2) is 3.42. The minimum atomic E-state index is -1.97. The molecule has 0 saturated carbocycles. The third kappa shape index (κ3) is 1.77. The number of rotatable bonds is 2. The summed E-state index contributed by atoms with van der Waals surface area (Å²) in [5, 5.41) is 36.9. The summed E-state index contributed by atoms with van der Waals surface area (Å²) in [6, 6.07) is 3.55. The fourth-order valence-electron chi connectivity index (χ4n) is 0.956. The summed E-state index contributed by atoms with van der Waals surface area (Å²) in [6.07, 6.45) is 0. The van der Waals surface area contributed by atoms with Gasteiger partial charge in [0.1, 0.15) is 0 Å². The lowest BCUT2D eigenvalue weighted by Crippen LogP contribution is -2.31. The topological polar surface area (TPSA) is 104 Å². The SMILES string of the molecule is O=[N+]([O-])c1c(O)cccc1B(O)O. The highest BCUT2D eigenvalue weighted by Gasteiger charge is 2.26. The summed E-state index contributed by atoms with van der Waals surface area (Å²) in [4.78, 5) is 9.50. The number of hydrogen-bond donors (Lipinski definition) is 3. The van der Waals surface area contributed by atoms with Gasteiger partial charge in [0, 0.05) is 0 Å². The first kappa shape index (κ1) is 9.49. The molecule has 0 spiro atoms. The van der Waals surface area contributed by atoms with Crippen molar-refractivity contribution in [1.82, 2.24) is 0 Å². The molecule has 0 amide bonds. The first-order valence-corrected chi connectivity index (χ1v) is 3.36. The van der Waals surface area contributed by atoms with Crippen molar-refractivity contribution in [3.05, 3.63) is 28.3 Å². The maximum atomic E-state index is 10.4.